The summed E-state index contributed by atoms with van der Waals surface area (Å²) < 4.78 is 15.8. The highest BCUT2D eigenvalue weighted by molar-refractivity contribution is 5.69. The molecule has 0 bridgehead atoms. The van der Waals surface area contributed by atoms with E-state index in [9.17, 15) is 4.79 Å². The Bertz CT molecular complexity index is 162. The maximum Gasteiger partial charge on any atom is 0.305 e. The lowest BCUT2D eigenvalue weighted by molar-refractivity contribution is -0.158. The molecule has 96 valence electrons. The van der Waals surface area contributed by atoms with Gasteiger partial charge in [0, 0.05) is 19.6 Å². The second-order valence-electron chi connectivity index (χ2n) is 3.51. The number of hydrogen-bond donors (Lipinski definition) is 0. The van der Waals surface area contributed by atoms with Gasteiger partial charge in [-0.2, -0.15) is 0 Å². The van der Waals surface area contributed by atoms with Gasteiger partial charge in [0.1, 0.15) is 0 Å². The van der Waals surface area contributed by atoms with E-state index < -0.39 is 0 Å². The van der Waals surface area contributed by atoms with E-state index in [4.69, 9.17) is 14.2 Å². The van der Waals surface area contributed by atoms with Crippen LogP contribution in [0.5, 0.6) is 0 Å². The zero-order chi connectivity index (χ0) is 12.2. The van der Waals surface area contributed by atoms with Crippen molar-refractivity contribution in [3.8, 4) is 0 Å². The predicted octanol–water partition coefficient (Wildman–Crippen LogP) is 2.51. The summed E-state index contributed by atoms with van der Waals surface area (Å²) in [6, 6.07) is 0. The van der Waals surface area contributed by atoms with Crippen LogP contribution in [0.1, 0.15) is 46.5 Å². The number of carbonyl (C=O) groups is 1. The highest BCUT2D eigenvalue weighted by atomic mass is 16.7. The number of carbonyl (C=O) groups excluding carboxylic acids is 1. The molecule has 0 amide bonds. The van der Waals surface area contributed by atoms with Crippen molar-refractivity contribution in [2.24, 2.45) is 0 Å². The molecule has 0 rings (SSSR count). The van der Waals surface area contributed by atoms with E-state index >= 15 is 0 Å². The summed E-state index contributed by atoms with van der Waals surface area (Å²) in [7, 11) is 0. The van der Waals surface area contributed by atoms with E-state index in [0.717, 1.165) is 12.8 Å². The smallest absolute Gasteiger partial charge is 0.305 e. The molecule has 4 heteroatoms. The van der Waals surface area contributed by atoms with E-state index in [1.165, 1.54) is 0 Å². The van der Waals surface area contributed by atoms with Gasteiger partial charge in [-0.3, -0.25) is 4.79 Å². The minimum absolute atomic E-state index is 0.187. The molecule has 0 atom stereocenters. The predicted molar refractivity (Wildman–Crippen MR) is 62.1 cm³/mol. The van der Waals surface area contributed by atoms with Crippen LogP contribution >= 0.6 is 0 Å². The summed E-state index contributed by atoms with van der Waals surface area (Å²) in [5, 5.41) is 0. The number of hydrogen-bond acceptors (Lipinski definition) is 4. The zero-order valence-electron chi connectivity index (χ0n) is 10.7. The van der Waals surface area contributed by atoms with Crippen molar-refractivity contribution >= 4 is 5.97 Å². The Kier molecular flexibility index (Phi) is 10.5. The lowest BCUT2D eigenvalue weighted by atomic mass is 10.3. The van der Waals surface area contributed by atoms with Crippen LogP contribution in [-0.4, -0.2) is 32.1 Å². The van der Waals surface area contributed by atoms with E-state index in [1.54, 1.807) is 6.92 Å². The average Bonchev–Trinajstić information content (AvgIpc) is 2.28. The van der Waals surface area contributed by atoms with Crippen LogP contribution in [0.25, 0.3) is 0 Å². The fourth-order valence-electron chi connectivity index (χ4n) is 1.18. The fourth-order valence-corrected chi connectivity index (χ4v) is 1.18. The Labute approximate surface area is 98.3 Å². The van der Waals surface area contributed by atoms with Gasteiger partial charge in [0.05, 0.1) is 13.0 Å². The third-order valence-corrected chi connectivity index (χ3v) is 1.91. The first kappa shape index (κ1) is 15.4. The first-order chi connectivity index (χ1) is 7.74. The normalized spacial score (nSPS) is 10.8. The summed E-state index contributed by atoms with van der Waals surface area (Å²) in [6.45, 7) is 7.64. The molecular weight excluding hydrogens is 208 g/mol. The maximum atomic E-state index is 11.2. The van der Waals surface area contributed by atoms with Gasteiger partial charge in [-0.05, 0) is 19.8 Å². The summed E-state index contributed by atoms with van der Waals surface area (Å²) >= 11 is 0. The van der Waals surface area contributed by atoms with Gasteiger partial charge in [0.15, 0.2) is 6.29 Å². The molecule has 0 saturated carbocycles. The van der Waals surface area contributed by atoms with Crippen LogP contribution in [0.4, 0.5) is 0 Å². The van der Waals surface area contributed by atoms with Crippen molar-refractivity contribution in [2.75, 3.05) is 19.8 Å². The first-order valence-electron chi connectivity index (χ1n) is 6.13. The van der Waals surface area contributed by atoms with E-state index in [1.807, 2.05) is 13.8 Å². The Hall–Kier alpha value is -0.610. The molecule has 0 spiro atoms. The second-order valence-corrected chi connectivity index (χ2v) is 3.51. The van der Waals surface area contributed by atoms with Crippen LogP contribution in [0.15, 0.2) is 0 Å². The van der Waals surface area contributed by atoms with Crippen LogP contribution in [-0.2, 0) is 19.0 Å². The third kappa shape index (κ3) is 8.68. The summed E-state index contributed by atoms with van der Waals surface area (Å²) in [6.07, 6.45) is 2.55. The molecule has 0 radical (unpaired) electrons. The quantitative estimate of drug-likeness (QED) is 0.429. The monoisotopic (exact) mass is 232 g/mol. The molecule has 16 heavy (non-hydrogen) atoms. The van der Waals surface area contributed by atoms with Crippen molar-refractivity contribution < 1.29 is 19.0 Å². The summed E-state index contributed by atoms with van der Waals surface area (Å²) in [5.74, 6) is -0.187. The van der Waals surface area contributed by atoms with Crippen molar-refractivity contribution in [3.63, 3.8) is 0 Å². The molecule has 0 aliphatic rings. The minimum Gasteiger partial charge on any atom is -0.466 e. The summed E-state index contributed by atoms with van der Waals surface area (Å²) in [5.41, 5.74) is 0. The third-order valence-electron chi connectivity index (χ3n) is 1.91. The van der Waals surface area contributed by atoms with Crippen molar-refractivity contribution in [3.05, 3.63) is 0 Å². The molecule has 0 saturated heterocycles. The highest BCUT2D eigenvalue weighted by Crippen LogP contribution is 2.07. The van der Waals surface area contributed by atoms with Crippen LogP contribution in [0, 0.1) is 0 Å². The van der Waals surface area contributed by atoms with Gasteiger partial charge in [-0.25, -0.2) is 0 Å². The lowest BCUT2D eigenvalue weighted by Gasteiger charge is -2.17. The maximum absolute atomic E-state index is 11.2. The number of rotatable bonds is 10. The van der Waals surface area contributed by atoms with Crippen molar-refractivity contribution in [2.45, 2.75) is 52.7 Å². The molecule has 0 heterocycles. The molecule has 0 aliphatic heterocycles. The first-order valence-corrected chi connectivity index (χ1v) is 6.13. The minimum atomic E-state index is -0.274. The molecule has 0 N–H and O–H groups in total. The lowest BCUT2D eigenvalue weighted by Crippen LogP contribution is -2.20. The zero-order valence-corrected chi connectivity index (χ0v) is 10.7. The molecule has 0 aromatic carbocycles. The van der Waals surface area contributed by atoms with Crippen LogP contribution in [0.3, 0.4) is 0 Å². The van der Waals surface area contributed by atoms with E-state index in [-0.39, 0.29) is 12.3 Å². The number of esters is 1. The molecule has 0 aromatic rings. The second kappa shape index (κ2) is 10.9. The van der Waals surface area contributed by atoms with Crippen molar-refractivity contribution in [1.82, 2.24) is 0 Å². The Morgan fingerprint density at radius 1 is 1.06 bits per heavy atom. The van der Waals surface area contributed by atoms with Gasteiger partial charge < -0.3 is 14.2 Å². The molecule has 0 aliphatic carbocycles. The van der Waals surface area contributed by atoms with Crippen LogP contribution in [0.2, 0.25) is 0 Å². The standard InChI is InChI=1S/C12H24O4/c1-4-9-15-12(16-10-5-2)8-7-11(13)14-6-3/h12H,4-10H2,1-3H3. The molecule has 0 aromatic heterocycles. The van der Waals surface area contributed by atoms with Gasteiger partial charge in [0.2, 0.25) is 0 Å². The largest absolute Gasteiger partial charge is 0.466 e. The molecule has 4 nitrogen and oxygen atoms in total. The van der Waals surface area contributed by atoms with Gasteiger partial charge >= 0.3 is 5.97 Å². The molecular formula is C12H24O4. The SMILES string of the molecule is CCCOC(CCC(=O)OCC)OCCC. The topological polar surface area (TPSA) is 44.8 Å². The van der Waals surface area contributed by atoms with E-state index in [2.05, 4.69) is 0 Å². The molecule has 0 unspecified atom stereocenters. The molecule has 0 fully saturated rings. The van der Waals surface area contributed by atoms with Gasteiger partial charge in [0.25, 0.3) is 0 Å². The van der Waals surface area contributed by atoms with Gasteiger partial charge in [-0.15, -0.1) is 0 Å². The Morgan fingerprint density at radius 2 is 1.62 bits per heavy atom. The fraction of sp³-hybridized carbons (Fsp3) is 0.917. The van der Waals surface area contributed by atoms with E-state index in [0.29, 0.717) is 32.7 Å². The Balaban J connectivity index is 3.75. The van der Waals surface area contributed by atoms with Gasteiger partial charge in [-0.1, -0.05) is 13.8 Å². The van der Waals surface area contributed by atoms with Crippen LogP contribution < -0.4 is 0 Å². The Morgan fingerprint density at radius 3 is 2.06 bits per heavy atom. The number of ether oxygens (including phenoxy) is 3. The summed E-state index contributed by atoms with van der Waals surface area (Å²) in [4.78, 5) is 11.2. The average molecular weight is 232 g/mol. The van der Waals surface area contributed by atoms with Crippen molar-refractivity contribution in [1.29, 1.82) is 0 Å². The highest BCUT2D eigenvalue weighted by Gasteiger charge is 2.12.